The third kappa shape index (κ3) is 3.81. The Labute approximate surface area is 148 Å². The van der Waals surface area contributed by atoms with Gasteiger partial charge < -0.3 is 15.5 Å². The average molecular weight is 348 g/mol. The summed E-state index contributed by atoms with van der Waals surface area (Å²) in [4.78, 5) is 40.6. The van der Waals surface area contributed by atoms with Gasteiger partial charge in [-0.05, 0) is 38.0 Å². The van der Waals surface area contributed by atoms with Crippen molar-refractivity contribution in [1.29, 1.82) is 0 Å². The van der Waals surface area contributed by atoms with E-state index < -0.39 is 0 Å². The molecule has 0 radical (unpaired) electrons. The zero-order valence-corrected chi connectivity index (χ0v) is 14.9. The van der Waals surface area contributed by atoms with E-state index in [9.17, 15) is 14.4 Å². The van der Waals surface area contributed by atoms with Crippen LogP contribution in [0.2, 0.25) is 0 Å². The number of carbonyl (C=O) groups excluding carboxylic acids is 3. The first-order valence-corrected chi connectivity index (χ1v) is 9.60. The van der Waals surface area contributed by atoms with Crippen molar-refractivity contribution in [2.75, 3.05) is 26.2 Å². The average Bonchev–Trinajstić information content (AvgIpc) is 3.45. The number of fused-ring (bicyclic) bond motifs is 1. The van der Waals surface area contributed by atoms with Gasteiger partial charge in [-0.2, -0.15) is 0 Å². The highest BCUT2D eigenvalue weighted by molar-refractivity contribution is 5.86. The largest absolute Gasteiger partial charge is 0.354 e. The highest BCUT2D eigenvalue weighted by atomic mass is 16.2. The molecule has 0 aromatic rings. The highest BCUT2D eigenvalue weighted by Gasteiger charge is 2.46. The number of hydrogen-bond acceptors (Lipinski definition) is 4. The van der Waals surface area contributed by atoms with Crippen LogP contribution < -0.4 is 10.6 Å². The molecule has 138 valence electrons. The second-order valence-electron chi connectivity index (χ2n) is 8.21. The van der Waals surface area contributed by atoms with Crippen LogP contribution in [0.15, 0.2) is 0 Å². The Kier molecular flexibility index (Phi) is 4.43. The second-order valence-corrected chi connectivity index (χ2v) is 8.21. The SMILES string of the molecule is CC(=O)N[C@H]1C[C@H]2CN(CC3CC3)[C@@H](CNC(=O)C3CC3)C(=O)N2C1. The van der Waals surface area contributed by atoms with Crippen LogP contribution in [0, 0.1) is 11.8 Å². The van der Waals surface area contributed by atoms with Crippen LogP contribution >= 0.6 is 0 Å². The third-order valence-corrected chi connectivity index (χ3v) is 5.88. The lowest BCUT2D eigenvalue weighted by Crippen LogP contribution is -2.63. The van der Waals surface area contributed by atoms with Crippen LogP contribution in [-0.2, 0) is 14.4 Å². The Morgan fingerprint density at radius 2 is 1.92 bits per heavy atom. The lowest BCUT2D eigenvalue weighted by atomic mass is 10.0. The summed E-state index contributed by atoms with van der Waals surface area (Å²) in [5, 5.41) is 5.95. The number of hydrogen-bond donors (Lipinski definition) is 2. The zero-order chi connectivity index (χ0) is 17.6. The first kappa shape index (κ1) is 16.8. The fourth-order valence-electron chi connectivity index (χ4n) is 4.23. The summed E-state index contributed by atoms with van der Waals surface area (Å²) < 4.78 is 0. The van der Waals surface area contributed by atoms with E-state index in [0.29, 0.717) is 19.0 Å². The highest BCUT2D eigenvalue weighted by Crippen LogP contribution is 2.34. The van der Waals surface area contributed by atoms with Crippen molar-refractivity contribution in [3.8, 4) is 0 Å². The Morgan fingerprint density at radius 3 is 2.56 bits per heavy atom. The summed E-state index contributed by atoms with van der Waals surface area (Å²) in [5.74, 6) is 1.04. The Balaban J connectivity index is 1.42. The molecule has 2 saturated heterocycles. The first-order valence-electron chi connectivity index (χ1n) is 9.60. The smallest absolute Gasteiger partial charge is 0.242 e. The van der Waals surface area contributed by atoms with E-state index in [1.54, 1.807) is 0 Å². The van der Waals surface area contributed by atoms with Gasteiger partial charge in [0, 0.05) is 51.1 Å². The van der Waals surface area contributed by atoms with Gasteiger partial charge in [0.05, 0.1) is 0 Å². The minimum atomic E-state index is -0.254. The predicted molar refractivity (Wildman–Crippen MR) is 91.5 cm³/mol. The molecule has 7 heteroatoms. The van der Waals surface area contributed by atoms with E-state index in [0.717, 1.165) is 32.4 Å². The van der Waals surface area contributed by atoms with Gasteiger partial charge in [-0.15, -0.1) is 0 Å². The fraction of sp³-hybridized carbons (Fsp3) is 0.833. The van der Waals surface area contributed by atoms with Crippen LogP contribution in [-0.4, -0.2) is 71.8 Å². The maximum absolute atomic E-state index is 13.1. The van der Waals surface area contributed by atoms with Crippen LogP contribution in [0.25, 0.3) is 0 Å². The lowest BCUT2D eigenvalue weighted by Gasteiger charge is -2.43. The zero-order valence-electron chi connectivity index (χ0n) is 14.9. The van der Waals surface area contributed by atoms with E-state index in [1.807, 2.05) is 4.90 Å². The molecular weight excluding hydrogens is 320 g/mol. The van der Waals surface area contributed by atoms with Gasteiger partial charge in [-0.1, -0.05) is 0 Å². The molecule has 0 bridgehead atoms. The number of rotatable bonds is 6. The molecule has 0 unspecified atom stereocenters. The van der Waals surface area contributed by atoms with E-state index in [4.69, 9.17) is 0 Å². The van der Waals surface area contributed by atoms with Gasteiger partial charge in [0.2, 0.25) is 17.7 Å². The van der Waals surface area contributed by atoms with Crippen LogP contribution in [0.3, 0.4) is 0 Å². The van der Waals surface area contributed by atoms with Gasteiger partial charge in [0.1, 0.15) is 6.04 Å². The van der Waals surface area contributed by atoms with E-state index >= 15 is 0 Å². The van der Waals surface area contributed by atoms with Crippen molar-refractivity contribution in [2.45, 2.75) is 57.2 Å². The first-order chi connectivity index (χ1) is 12.0. The minimum absolute atomic E-state index is 0.0413. The van der Waals surface area contributed by atoms with Crippen LogP contribution in [0.4, 0.5) is 0 Å². The number of nitrogens with one attached hydrogen (secondary N) is 2. The molecule has 2 saturated carbocycles. The molecule has 4 aliphatic rings. The molecule has 25 heavy (non-hydrogen) atoms. The van der Waals surface area contributed by atoms with E-state index in [-0.39, 0.29) is 41.8 Å². The van der Waals surface area contributed by atoms with Crippen LogP contribution in [0.5, 0.6) is 0 Å². The van der Waals surface area contributed by atoms with E-state index in [1.165, 1.54) is 19.8 Å². The Hall–Kier alpha value is -1.63. The molecule has 7 nitrogen and oxygen atoms in total. The van der Waals surface area contributed by atoms with Gasteiger partial charge in [-0.25, -0.2) is 0 Å². The normalized spacial score (nSPS) is 32.4. The number of piperazine rings is 1. The number of carbonyl (C=O) groups is 3. The summed E-state index contributed by atoms with van der Waals surface area (Å²) in [5.41, 5.74) is 0. The Bertz CT molecular complexity index is 573. The summed E-state index contributed by atoms with van der Waals surface area (Å²) in [6.07, 6.45) is 5.27. The van der Waals surface area contributed by atoms with Crippen molar-refractivity contribution in [1.82, 2.24) is 20.4 Å². The summed E-state index contributed by atoms with van der Waals surface area (Å²) >= 11 is 0. The molecule has 3 atom stereocenters. The quantitative estimate of drug-likeness (QED) is 0.691. The summed E-state index contributed by atoms with van der Waals surface area (Å²) in [6.45, 7) is 4.32. The van der Waals surface area contributed by atoms with Gasteiger partial charge in [0.25, 0.3) is 0 Å². The van der Waals surface area contributed by atoms with Gasteiger partial charge >= 0.3 is 0 Å². The molecule has 4 rings (SSSR count). The Morgan fingerprint density at radius 1 is 1.16 bits per heavy atom. The van der Waals surface area contributed by atoms with Crippen molar-refractivity contribution >= 4 is 17.7 Å². The molecule has 2 aliphatic heterocycles. The molecule has 2 heterocycles. The maximum atomic E-state index is 13.1. The molecule has 2 N–H and O–H groups in total. The molecule has 0 aromatic heterocycles. The molecule has 0 spiro atoms. The predicted octanol–water partition coefficient (Wildman–Crippen LogP) is -0.288. The van der Waals surface area contributed by atoms with Gasteiger partial charge in [-0.3, -0.25) is 19.3 Å². The summed E-state index contributed by atoms with van der Waals surface area (Å²) in [7, 11) is 0. The van der Waals surface area contributed by atoms with Crippen molar-refractivity contribution in [3.63, 3.8) is 0 Å². The third-order valence-electron chi connectivity index (χ3n) is 5.88. The maximum Gasteiger partial charge on any atom is 0.242 e. The van der Waals surface area contributed by atoms with Crippen molar-refractivity contribution in [3.05, 3.63) is 0 Å². The topological polar surface area (TPSA) is 81.8 Å². The van der Waals surface area contributed by atoms with Crippen LogP contribution in [0.1, 0.15) is 39.0 Å². The molecule has 0 aromatic carbocycles. The molecule has 3 amide bonds. The van der Waals surface area contributed by atoms with Crippen molar-refractivity contribution < 1.29 is 14.4 Å². The lowest BCUT2D eigenvalue weighted by molar-refractivity contribution is -0.144. The minimum Gasteiger partial charge on any atom is -0.354 e. The second kappa shape index (κ2) is 6.59. The molecule has 4 fully saturated rings. The molecule has 2 aliphatic carbocycles. The van der Waals surface area contributed by atoms with E-state index in [2.05, 4.69) is 15.5 Å². The fourth-order valence-corrected chi connectivity index (χ4v) is 4.23. The number of nitrogens with zero attached hydrogens (tertiary/aromatic N) is 2. The van der Waals surface area contributed by atoms with Gasteiger partial charge in [0.15, 0.2) is 0 Å². The van der Waals surface area contributed by atoms with Crippen molar-refractivity contribution in [2.24, 2.45) is 11.8 Å². The standard InChI is InChI=1S/C18H28N4O3/c1-11(23)20-14-6-15-10-21(8-12-2-3-12)16(18(25)22(15)9-14)7-19-17(24)13-4-5-13/h12-16H,2-10H2,1H3,(H,19,24)(H,20,23)/t14-,15-,16-/m0/s1. The monoisotopic (exact) mass is 348 g/mol. The summed E-state index contributed by atoms with van der Waals surface area (Å²) in [6, 6.07) is -0.0249. The number of amides is 3. The molecular formula is C18H28N4O3.